The second kappa shape index (κ2) is 8.89. The number of nitrogens with zero attached hydrogens (tertiary/aromatic N) is 1. The molecule has 0 atom stereocenters. The Morgan fingerprint density at radius 2 is 2.09 bits per heavy atom. The van der Waals surface area contributed by atoms with Crippen LogP contribution in [0.2, 0.25) is 0 Å². The summed E-state index contributed by atoms with van der Waals surface area (Å²) in [7, 11) is 0. The van der Waals surface area contributed by atoms with Crippen LogP contribution in [0.1, 0.15) is 48.0 Å². The molecule has 3 N–H and O–H groups in total. The SMILES string of the molecule is Cc1ccc(OCCN)c(C(=O)N(CCO)C2CCCCC2)c1. The van der Waals surface area contributed by atoms with E-state index in [0.717, 1.165) is 31.2 Å². The minimum Gasteiger partial charge on any atom is -0.491 e. The molecule has 0 unspecified atom stereocenters. The zero-order valence-corrected chi connectivity index (χ0v) is 14.0. The van der Waals surface area contributed by atoms with Gasteiger partial charge in [-0.1, -0.05) is 30.9 Å². The molecule has 1 aliphatic carbocycles. The normalized spacial score (nSPS) is 15.4. The highest BCUT2D eigenvalue weighted by atomic mass is 16.5. The fraction of sp³-hybridized carbons (Fsp3) is 0.611. The Kier molecular flexibility index (Phi) is 6.86. The fourth-order valence-electron chi connectivity index (χ4n) is 3.21. The van der Waals surface area contributed by atoms with Crippen molar-refractivity contribution >= 4 is 5.91 Å². The highest BCUT2D eigenvalue weighted by molar-refractivity contribution is 5.97. The molecule has 0 aromatic heterocycles. The van der Waals surface area contributed by atoms with E-state index < -0.39 is 0 Å². The zero-order valence-electron chi connectivity index (χ0n) is 14.0. The molecule has 0 bridgehead atoms. The number of rotatable bonds is 7. The first-order valence-electron chi connectivity index (χ1n) is 8.52. The molecule has 1 fully saturated rings. The van der Waals surface area contributed by atoms with Crippen LogP contribution in [0.25, 0.3) is 0 Å². The molecule has 1 saturated carbocycles. The highest BCUT2D eigenvalue weighted by Gasteiger charge is 2.27. The minimum atomic E-state index is -0.0540. The van der Waals surface area contributed by atoms with Crippen molar-refractivity contribution in [2.75, 3.05) is 26.3 Å². The largest absolute Gasteiger partial charge is 0.491 e. The number of ether oxygens (including phenoxy) is 1. The molecule has 0 spiro atoms. The highest BCUT2D eigenvalue weighted by Crippen LogP contribution is 2.27. The molecule has 5 heteroatoms. The van der Waals surface area contributed by atoms with Gasteiger partial charge < -0.3 is 20.5 Å². The number of hydrogen-bond donors (Lipinski definition) is 2. The first-order valence-corrected chi connectivity index (χ1v) is 8.52. The molecule has 1 aromatic rings. The summed E-state index contributed by atoms with van der Waals surface area (Å²) in [6.45, 7) is 3.10. The topological polar surface area (TPSA) is 75.8 Å². The van der Waals surface area contributed by atoms with Crippen LogP contribution < -0.4 is 10.5 Å². The van der Waals surface area contributed by atoms with Crippen LogP contribution >= 0.6 is 0 Å². The molecule has 0 aliphatic heterocycles. The molecule has 1 aromatic carbocycles. The van der Waals surface area contributed by atoms with Gasteiger partial charge in [0.2, 0.25) is 0 Å². The number of hydrogen-bond acceptors (Lipinski definition) is 4. The van der Waals surface area contributed by atoms with Gasteiger partial charge in [0.05, 0.1) is 12.2 Å². The van der Waals surface area contributed by atoms with E-state index in [4.69, 9.17) is 10.5 Å². The van der Waals surface area contributed by atoms with E-state index in [1.165, 1.54) is 6.42 Å². The molecule has 0 saturated heterocycles. The van der Waals surface area contributed by atoms with Crippen LogP contribution in [0.15, 0.2) is 18.2 Å². The van der Waals surface area contributed by atoms with E-state index in [-0.39, 0.29) is 18.6 Å². The number of benzene rings is 1. The minimum absolute atomic E-state index is 0.0208. The maximum absolute atomic E-state index is 13.1. The number of carbonyl (C=O) groups excluding carboxylic acids is 1. The fourth-order valence-corrected chi connectivity index (χ4v) is 3.21. The van der Waals surface area contributed by atoms with Crippen molar-refractivity contribution in [2.45, 2.75) is 45.1 Å². The maximum atomic E-state index is 13.1. The predicted octanol–water partition coefficient (Wildman–Crippen LogP) is 2.10. The van der Waals surface area contributed by atoms with Gasteiger partial charge in [0.25, 0.3) is 5.91 Å². The number of aliphatic hydroxyl groups is 1. The number of aliphatic hydroxyl groups excluding tert-OH is 1. The van der Waals surface area contributed by atoms with Crippen molar-refractivity contribution in [3.05, 3.63) is 29.3 Å². The number of aryl methyl sites for hydroxylation is 1. The molecule has 5 nitrogen and oxygen atoms in total. The number of carbonyl (C=O) groups is 1. The van der Waals surface area contributed by atoms with E-state index in [1.54, 1.807) is 0 Å². The lowest BCUT2D eigenvalue weighted by Crippen LogP contribution is -2.43. The smallest absolute Gasteiger partial charge is 0.257 e. The van der Waals surface area contributed by atoms with Gasteiger partial charge in [-0.2, -0.15) is 0 Å². The van der Waals surface area contributed by atoms with Gasteiger partial charge in [-0.15, -0.1) is 0 Å². The van der Waals surface area contributed by atoms with Crippen molar-refractivity contribution in [1.82, 2.24) is 4.90 Å². The number of nitrogens with two attached hydrogens (primary N) is 1. The van der Waals surface area contributed by atoms with Gasteiger partial charge in [-0.25, -0.2) is 0 Å². The summed E-state index contributed by atoms with van der Waals surface area (Å²) in [5.41, 5.74) is 7.09. The molecule has 1 amide bonds. The predicted molar refractivity (Wildman–Crippen MR) is 90.7 cm³/mol. The molecule has 0 heterocycles. The number of amides is 1. The van der Waals surface area contributed by atoms with Gasteiger partial charge in [-0.3, -0.25) is 4.79 Å². The van der Waals surface area contributed by atoms with Gasteiger partial charge in [0.1, 0.15) is 12.4 Å². The lowest BCUT2D eigenvalue weighted by atomic mass is 9.93. The molecule has 0 radical (unpaired) electrons. The standard InChI is InChI=1S/C18H28N2O3/c1-14-7-8-17(23-12-9-19)16(13-14)18(22)20(10-11-21)15-5-3-2-4-6-15/h7-8,13,15,21H,2-6,9-12,19H2,1H3. The van der Waals surface area contributed by atoms with Gasteiger partial charge in [-0.05, 0) is 31.9 Å². The van der Waals surface area contributed by atoms with Crippen LogP contribution in [0.4, 0.5) is 0 Å². The summed E-state index contributed by atoms with van der Waals surface area (Å²) in [6.07, 6.45) is 5.54. The van der Waals surface area contributed by atoms with Crippen molar-refractivity contribution in [1.29, 1.82) is 0 Å². The lowest BCUT2D eigenvalue weighted by molar-refractivity contribution is 0.0581. The molecule has 2 rings (SSSR count). The summed E-state index contributed by atoms with van der Waals surface area (Å²) in [4.78, 5) is 14.9. The van der Waals surface area contributed by atoms with Crippen molar-refractivity contribution < 1.29 is 14.6 Å². The third kappa shape index (κ3) is 4.69. The monoisotopic (exact) mass is 320 g/mol. The summed E-state index contributed by atoms with van der Waals surface area (Å²) in [6, 6.07) is 5.84. The van der Waals surface area contributed by atoms with Crippen molar-refractivity contribution in [3.63, 3.8) is 0 Å². The maximum Gasteiger partial charge on any atom is 0.257 e. The summed E-state index contributed by atoms with van der Waals surface area (Å²) in [5.74, 6) is 0.520. The quantitative estimate of drug-likeness (QED) is 0.807. The van der Waals surface area contributed by atoms with E-state index in [9.17, 15) is 9.90 Å². The summed E-state index contributed by atoms with van der Waals surface area (Å²) < 4.78 is 5.64. The van der Waals surface area contributed by atoms with E-state index in [0.29, 0.717) is 31.0 Å². The first kappa shape index (κ1) is 17.8. The van der Waals surface area contributed by atoms with Crippen molar-refractivity contribution in [3.8, 4) is 5.75 Å². The van der Waals surface area contributed by atoms with E-state index in [1.807, 2.05) is 30.0 Å². The third-order valence-electron chi connectivity index (χ3n) is 4.36. The Labute approximate surface area is 138 Å². The Morgan fingerprint density at radius 3 is 2.74 bits per heavy atom. The molecule has 1 aliphatic rings. The zero-order chi connectivity index (χ0) is 16.7. The molecule has 128 valence electrons. The average Bonchev–Trinajstić information content (AvgIpc) is 2.58. The Morgan fingerprint density at radius 1 is 1.35 bits per heavy atom. The third-order valence-corrected chi connectivity index (χ3v) is 4.36. The summed E-state index contributed by atoms with van der Waals surface area (Å²) in [5, 5.41) is 9.39. The van der Waals surface area contributed by atoms with Crippen LogP contribution in [-0.2, 0) is 0 Å². The van der Waals surface area contributed by atoms with E-state index >= 15 is 0 Å². The van der Waals surface area contributed by atoms with E-state index in [2.05, 4.69) is 0 Å². The van der Waals surface area contributed by atoms with Crippen LogP contribution in [-0.4, -0.2) is 48.3 Å². The van der Waals surface area contributed by atoms with Crippen LogP contribution in [0.3, 0.4) is 0 Å². The first-order chi connectivity index (χ1) is 11.2. The van der Waals surface area contributed by atoms with Gasteiger partial charge in [0, 0.05) is 19.1 Å². The summed E-state index contributed by atoms with van der Waals surface area (Å²) >= 11 is 0. The second-order valence-corrected chi connectivity index (χ2v) is 6.15. The lowest BCUT2D eigenvalue weighted by Gasteiger charge is -2.34. The molecule has 23 heavy (non-hydrogen) atoms. The Bertz CT molecular complexity index is 513. The van der Waals surface area contributed by atoms with Crippen molar-refractivity contribution in [2.24, 2.45) is 5.73 Å². The average molecular weight is 320 g/mol. The van der Waals surface area contributed by atoms with Gasteiger partial charge in [0.15, 0.2) is 0 Å². The molecular weight excluding hydrogens is 292 g/mol. The Balaban J connectivity index is 2.25. The van der Waals surface area contributed by atoms with Crippen LogP contribution in [0, 0.1) is 6.92 Å². The molecular formula is C18H28N2O3. The van der Waals surface area contributed by atoms with Gasteiger partial charge >= 0.3 is 0 Å². The Hall–Kier alpha value is -1.59. The second-order valence-electron chi connectivity index (χ2n) is 6.15. The van der Waals surface area contributed by atoms with Crippen LogP contribution in [0.5, 0.6) is 5.75 Å².